The molecule has 3 saturated heterocycles. The van der Waals surface area contributed by atoms with Gasteiger partial charge in [0, 0.05) is 37.3 Å². The van der Waals surface area contributed by atoms with E-state index in [0.29, 0.717) is 0 Å². The van der Waals surface area contributed by atoms with E-state index in [2.05, 4.69) is 35.6 Å². The van der Waals surface area contributed by atoms with Gasteiger partial charge in [0.25, 0.3) is 0 Å². The Balaban J connectivity index is 1.67. The van der Waals surface area contributed by atoms with Gasteiger partial charge < -0.3 is 4.90 Å². The van der Waals surface area contributed by atoms with Crippen LogP contribution in [0.1, 0.15) is 52.4 Å². The zero-order valence-electron chi connectivity index (χ0n) is 13.7. The van der Waals surface area contributed by atoms with Gasteiger partial charge in [0.15, 0.2) is 0 Å². The molecule has 20 heavy (non-hydrogen) atoms. The molecular formula is C17H33N3. The monoisotopic (exact) mass is 279 g/mol. The lowest BCUT2D eigenvalue weighted by atomic mass is 9.90. The van der Waals surface area contributed by atoms with Crippen LogP contribution in [0, 0.1) is 0 Å². The van der Waals surface area contributed by atoms with Crippen LogP contribution in [0.15, 0.2) is 0 Å². The summed E-state index contributed by atoms with van der Waals surface area (Å²) in [6.07, 6.45) is 8.40. The van der Waals surface area contributed by atoms with Crippen molar-refractivity contribution in [3.63, 3.8) is 0 Å². The minimum absolute atomic E-state index is 0.760. The first-order valence-corrected chi connectivity index (χ1v) is 8.89. The maximum Gasteiger partial charge on any atom is 0.0224 e. The molecule has 0 saturated carbocycles. The molecule has 0 amide bonds. The van der Waals surface area contributed by atoms with Crippen LogP contribution < -0.4 is 0 Å². The highest BCUT2D eigenvalue weighted by molar-refractivity contribution is 4.95. The predicted molar refractivity (Wildman–Crippen MR) is 85.1 cm³/mol. The molecule has 0 radical (unpaired) electrons. The van der Waals surface area contributed by atoms with Gasteiger partial charge in [-0.25, -0.2) is 0 Å². The summed E-state index contributed by atoms with van der Waals surface area (Å²) in [7, 11) is 2.29. The maximum atomic E-state index is 2.91. The van der Waals surface area contributed by atoms with Gasteiger partial charge in [-0.3, -0.25) is 9.80 Å². The molecule has 0 aromatic heterocycles. The minimum Gasteiger partial charge on any atom is -0.304 e. The smallest absolute Gasteiger partial charge is 0.0224 e. The lowest BCUT2D eigenvalue weighted by Crippen LogP contribution is -2.63. The van der Waals surface area contributed by atoms with Gasteiger partial charge in [-0.05, 0) is 59.2 Å². The molecule has 3 heterocycles. The van der Waals surface area contributed by atoms with Crippen LogP contribution in [0.2, 0.25) is 0 Å². The number of nitrogens with zero attached hydrogens (tertiary/aromatic N) is 3. The molecule has 3 aliphatic heterocycles. The molecule has 3 heteroatoms. The summed E-state index contributed by atoms with van der Waals surface area (Å²) >= 11 is 0. The normalized spacial score (nSPS) is 41.5. The third kappa shape index (κ3) is 2.90. The number of hydrogen-bond donors (Lipinski definition) is 0. The van der Waals surface area contributed by atoms with Crippen LogP contribution in [0.25, 0.3) is 0 Å². The van der Waals surface area contributed by atoms with E-state index in [0.717, 1.165) is 24.2 Å². The average Bonchev–Trinajstić information content (AvgIpc) is 2.48. The van der Waals surface area contributed by atoms with Crippen LogP contribution in [-0.4, -0.2) is 72.1 Å². The molecule has 116 valence electrons. The Morgan fingerprint density at radius 1 is 1.00 bits per heavy atom. The third-order valence-corrected chi connectivity index (χ3v) is 6.21. The molecular weight excluding hydrogens is 246 g/mol. The highest BCUT2D eigenvalue weighted by Crippen LogP contribution is 2.30. The zero-order valence-corrected chi connectivity index (χ0v) is 13.7. The van der Waals surface area contributed by atoms with Gasteiger partial charge in [0.05, 0.1) is 0 Å². The molecule has 3 rings (SSSR count). The van der Waals surface area contributed by atoms with Crippen molar-refractivity contribution < 1.29 is 0 Å². The van der Waals surface area contributed by atoms with Gasteiger partial charge in [-0.2, -0.15) is 0 Å². The fourth-order valence-corrected chi connectivity index (χ4v) is 4.65. The van der Waals surface area contributed by atoms with Crippen molar-refractivity contribution >= 4 is 0 Å². The largest absolute Gasteiger partial charge is 0.304 e. The average molecular weight is 279 g/mol. The molecule has 0 spiro atoms. The number of hydrogen-bond acceptors (Lipinski definition) is 3. The zero-order chi connectivity index (χ0) is 14.1. The van der Waals surface area contributed by atoms with Gasteiger partial charge in [-0.1, -0.05) is 13.3 Å². The van der Waals surface area contributed by atoms with E-state index in [1.54, 1.807) is 0 Å². The summed E-state index contributed by atoms with van der Waals surface area (Å²) in [6, 6.07) is 3.28. The van der Waals surface area contributed by atoms with Crippen LogP contribution in [0.4, 0.5) is 0 Å². The molecule has 0 aromatic rings. The summed E-state index contributed by atoms with van der Waals surface area (Å²) in [4.78, 5) is 8.25. The molecule has 4 unspecified atom stereocenters. The Labute approximate surface area is 125 Å². The number of fused-ring (bicyclic) bond motifs is 1. The van der Waals surface area contributed by atoms with Crippen molar-refractivity contribution in [1.82, 2.24) is 14.7 Å². The highest BCUT2D eigenvalue weighted by atomic mass is 15.3. The minimum atomic E-state index is 0.760. The quantitative estimate of drug-likeness (QED) is 0.768. The Morgan fingerprint density at radius 3 is 2.60 bits per heavy atom. The molecule has 3 fully saturated rings. The summed E-state index contributed by atoms with van der Waals surface area (Å²) in [6.45, 7) is 10.1. The second-order valence-corrected chi connectivity index (χ2v) is 7.41. The van der Waals surface area contributed by atoms with E-state index in [4.69, 9.17) is 0 Å². The Bertz CT molecular complexity index is 319. The molecule has 0 aliphatic carbocycles. The Morgan fingerprint density at radius 2 is 1.85 bits per heavy atom. The maximum absolute atomic E-state index is 2.91. The van der Waals surface area contributed by atoms with E-state index in [1.165, 1.54) is 64.7 Å². The van der Waals surface area contributed by atoms with Crippen LogP contribution in [0.5, 0.6) is 0 Å². The van der Waals surface area contributed by atoms with Gasteiger partial charge >= 0.3 is 0 Å². The molecule has 0 N–H and O–H groups in total. The topological polar surface area (TPSA) is 9.72 Å². The van der Waals surface area contributed by atoms with Crippen molar-refractivity contribution in [2.45, 2.75) is 76.5 Å². The van der Waals surface area contributed by atoms with E-state index >= 15 is 0 Å². The molecule has 3 nitrogen and oxygen atoms in total. The molecule has 4 atom stereocenters. The van der Waals surface area contributed by atoms with Crippen molar-refractivity contribution in [1.29, 1.82) is 0 Å². The van der Waals surface area contributed by atoms with Crippen molar-refractivity contribution in [3.05, 3.63) is 0 Å². The first-order valence-electron chi connectivity index (χ1n) is 8.89. The third-order valence-electron chi connectivity index (χ3n) is 6.21. The summed E-state index contributed by atoms with van der Waals surface area (Å²) in [5.74, 6) is 0. The van der Waals surface area contributed by atoms with E-state index < -0.39 is 0 Å². The van der Waals surface area contributed by atoms with E-state index in [-0.39, 0.29) is 0 Å². The first kappa shape index (κ1) is 14.8. The summed E-state index contributed by atoms with van der Waals surface area (Å²) in [5.41, 5.74) is 0. The van der Waals surface area contributed by atoms with E-state index in [1.807, 2.05) is 0 Å². The van der Waals surface area contributed by atoms with Crippen LogP contribution >= 0.6 is 0 Å². The molecule has 0 bridgehead atoms. The number of rotatable bonds is 2. The number of piperidine rings is 2. The Hall–Kier alpha value is -0.120. The van der Waals surface area contributed by atoms with Gasteiger partial charge in [-0.15, -0.1) is 0 Å². The second kappa shape index (κ2) is 6.33. The molecule has 3 aliphatic rings. The second-order valence-electron chi connectivity index (χ2n) is 7.41. The lowest BCUT2D eigenvalue weighted by Gasteiger charge is -2.52. The highest BCUT2D eigenvalue weighted by Gasteiger charge is 2.38. The number of likely N-dealkylation sites (tertiary alicyclic amines) is 1. The lowest BCUT2D eigenvalue weighted by molar-refractivity contribution is -0.0344. The van der Waals surface area contributed by atoms with Crippen molar-refractivity contribution in [2.24, 2.45) is 0 Å². The van der Waals surface area contributed by atoms with Crippen molar-refractivity contribution in [3.8, 4) is 0 Å². The standard InChI is InChI=1S/C17H33N3/c1-4-15-12-19-9-6-5-7-17(19)13-20(15)16-8-10-18(3)14(2)11-16/h14-17H,4-13H2,1-3H3. The predicted octanol–water partition coefficient (Wildman–Crippen LogP) is 2.42. The van der Waals surface area contributed by atoms with Crippen LogP contribution in [-0.2, 0) is 0 Å². The fourth-order valence-electron chi connectivity index (χ4n) is 4.65. The Kier molecular flexibility index (Phi) is 4.68. The molecule has 0 aromatic carbocycles. The first-order chi connectivity index (χ1) is 9.69. The number of piperazine rings is 1. The van der Waals surface area contributed by atoms with Gasteiger partial charge in [0.2, 0.25) is 0 Å². The van der Waals surface area contributed by atoms with E-state index in [9.17, 15) is 0 Å². The fraction of sp³-hybridized carbons (Fsp3) is 1.00. The van der Waals surface area contributed by atoms with Crippen molar-refractivity contribution in [2.75, 3.05) is 33.2 Å². The SMILES string of the molecule is CCC1CN2CCCCC2CN1C1CCN(C)C(C)C1. The van der Waals surface area contributed by atoms with Crippen LogP contribution in [0.3, 0.4) is 0 Å². The summed E-state index contributed by atoms with van der Waals surface area (Å²) < 4.78 is 0. The van der Waals surface area contributed by atoms with Gasteiger partial charge in [0.1, 0.15) is 0 Å². The summed E-state index contributed by atoms with van der Waals surface area (Å²) in [5, 5.41) is 0.